The number of hydrogen-bond acceptors (Lipinski definition) is 2. The van der Waals surface area contributed by atoms with Gasteiger partial charge in [0.05, 0.1) is 17.7 Å². The highest BCUT2D eigenvalue weighted by atomic mass is 16.2. The van der Waals surface area contributed by atoms with E-state index in [1.165, 1.54) is 0 Å². The molecule has 0 aliphatic carbocycles. The first-order valence-electron chi connectivity index (χ1n) is 4.98. The third-order valence-corrected chi connectivity index (χ3v) is 2.92. The number of nitrogens with zero attached hydrogens (tertiary/aromatic N) is 2. The molecule has 0 unspecified atom stereocenters. The van der Waals surface area contributed by atoms with Crippen molar-refractivity contribution >= 4 is 5.91 Å². The van der Waals surface area contributed by atoms with Gasteiger partial charge in [-0.25, -0.2) is 0 Å². The second kappa shape index (κ2) is 3.74. The number of amides is 1. The zero-order valence-corrected chi connectivity index (χ0v) is 8.60. The first kappa shape index (κ1) is 9.72. The fourth-order valence-corrected chi connectivity index (χ4v) is 1.97. The van der Waals surface area contributed by atoms with E-state index in [1.807, 2.05) is 19.2 Å². The van der Waals surface area contributed by atoms with E-state index < -0.39 is 0 Å². The second-order valence-corrected chi connectivity index (χ2v) is 3.79. The SMILES string of the molecule is CN1C(=O)CC[C@@H]1c1ccc(C#N)cc1. The summed E-state index contributed by atoms with van der Waals surface area (Å²) in [5.74, 6) is 0.198. The average Bonchev–Trinajstić information content (AvgIpc) is 2.60. The molecule has 1 atom stereocenters. The van der Waals surface area contributed by atoms with Gasteiger partial charge in [0.25, 0.3) is 0 Å². The van der Waals surface area contributed by atoms with Gasteiger partial charge in [0.2, 0.25) is 5.91 Å². The largest absolute Gasteiger partial charge is 0.339 e. The predicted molar refractivity (Wildman–Crippen MR) is 55.9 cm³/mol. The van der Waals surface area contributed by atoms with E-state index in [-0.39, 0.29) is 11.9 Å². The fourth-order valence-electron chi connectivity index (χ4n) is 1.97. The maximum Gasteiger partial charge on any atom is 0.222 e. The van der Waals surface area contributed by atoms with Crippen LogP contribution in [0.1, 0.15) is 30.0 Å². The van der Waals surface area contributed by atoms with Crippen LogP contribution in [0.15, 0.2) is 24.3 Å². The molecule has 0 saturated carbocycles. The van der Waals surface area contributed by atoms with Crippen LogP contribution < -0.4 is 0 Å². The van der Waals surface area contributed by atoms with Gasteiger partial charge in [-0.15, -0.1) is 0 Å². The summed E-state index contributed by atoms with van der Waals surface area (Å²) in [6.45, 7) is 0. The fraction of sp³-hybridized carbons (Fsp3) is 0.333. The minimum Gasteiger partial charge on any atom is -0.339 e. The molecule has 0 radical (unpaired) electrons. The van der Waals surface area contributed by atoms with Crippen molar-refractivity contribution < 1.29 is 4.79 Å². The Balaban J connectivity index is 2.24. The molecule has 1 heterocycles. The summed E-state index contributed by atoms with van der Waals surface area (Å²) in [4.78, 5) is 13.1. The van der Waals surface area contributed by atoms with Gasteiger partial charge in [-0.1, -0.05) is 12.1 Å². The van der Waals surface area contributed by atoms with Crippen LogP contribution in [-0.4, -0.2) is 17.9 Å². The number of benzene rings is 1. The van der Waals surface area contributed by atoms with Gasteiger partial charge in [0.1, 0.15) is 0 Å². The Labute approximate surface area is 88.9 Å². The van der Waals surface area contributed by atoms with Crippen LogP contribution in [0.3, 0.4) is 0 Å². The molecule has 0 bridgehead atoms. The van der Waals surface area contributed by atoms with Crippen molar-refractivity contribution in [3.8, 4) is 6.07 Å². The third kappa shape index (κ3) is 1.71. The van der Waals surface area contributed by atoms with Crippen LogP contribution in [0.4, 0.5) is 0 Å². The van der Waals surface area contributed by atoms with Gasteiger partial charge in [0, 0.05) is 13.5 Å². The Morgan fingerprint density at radius 3 is 2.53 bits per heavy atom. The van der Waals surface area contributed by atoms with E-state index in [4.69, 9.17) is 5.26 Å². The summed E-state index contributed by atoms with van der Waals surface area (Å²) >= 11 is 0. The minimum absolute atomic E-state index is 0.185. The van der Waals surface area contributed by atoms with Crippen molar-refractivity contribution in [1.82, 2.24) is 4.90 Å². The van der Waals surface area contributed by atoms with Crippen LogP contribution in [0, 0.1) is 11.3 Å². The molecular formula is C12H12N2O. The topological polar surface area (TPSA) is 44.1 Å². The zero-order chi connectivity index (χ0) is 10.8. The quantitative estimate of drug-likeness (QED) is 0.694. The lowest BCUT2D eigenvalue weighted by Crippen LogP contribution is -2.22. The summed E-state index contributed by atoms with van der Waals surface area (Å²) in [6, 6.07) is 9.72. The zero-order valence-electron chi connectivity index (χ0n) is 8.60. The summed E-state index contributed by atoms with van der Waals surface area (Å²) in [5, 5.41) is 8.67. The molecule has 1 aromatic rings. The lowest BCUT2D eigenvalue weighted by atomic mass is 10.0. The second-order valence-electron chi connectivity index (χ2n) is 3.79. The molecule has 1 fully saturated rings. The maximum absolute atomic E-state index is 11.4. The predicted octanol–water partition coefficient (Wildman–Crippen LogP) is 1.85. The number of likely N-dealkylation sites (tertiary alicyclic amines) is 1. The summed E-state index contributed by atoms with van der Waals surface area (Å²) in [5.41, 5.74) is 1.77. The molecule has 3 nitrogen and oxygen atoms in total. The molecule has 76 valence electrons. The number of hydrogen-bond donors (Lipinski definition) is 0. The minimum atomic E-state index is 0.185. The molecule has 1 amide bonds. The van der Waals surface area contributed by atoms with Gasteiger partial charge >= 0.3 is 0 Å². The Kier molecular flexibility index (Phi) is 2.42. The van der Waals surface area contributed by atoms with Crippen molar-refractivity contribution in [2.45, 2.75) is 18.9 Å². The van der Waals surface area contributed by atoms with Crippen molar-refractivity contribution in [1.29, 1.82) is 5.26 Å². The Morgan fingerprint density at radius 2 is 2.07 bits per heavy atom. The van der Waals surface area contributed by atoms with E-state index in [9.17, 15) is 4.79 Å². The van der Waals surface area contributed by atoms with Crippen molar-refractivity contribution in [2.24, 2.45) is 0 Å². The van der Waals surface area contributed by atoms with Crippen LogP contribution in [0.2, 0.25) is 0 Å². The molecule has 1 aromatic carbocycles. The van der Waals surface area contributed by atoms with Crippen LogP contribution in [0.25, 0.3) is 0 Å². The summed E-state index contributed by atoms with van der Waals surface area (Å²) in [7, 11) is 1.83. The number of carbonyl (C=O) groups excluding carboxylic acids is 1. The van der Waals surface area contributed by atoms with Crippen molar-refractivity contribution in [3.63, 3.8) is 0 Å². The summed E-state index contributed by atoms with van der Waals surface area (Å²) in [6.07, 6.45) is 1.50. The van der Waals surface area contributed by atoms with Crippen LogP contribution in [-0.2, 0) is 4.79 Å². The molecule has 1 aliphatic heterocycles. The van der Waals surface area contributed by atoms with Crippen LogP contribution in [0.5, 0.6) is 0 Å². The molecule has 3 heteroatoms. The van der Waals surface area contributed by atoms with Gasteiger partial charge < -0.3 is 4.90 Å². The first-order valence-corrected chi connectivity index (χ1v) is 4.98. The highest BCUT2D eigenvalue weighted by molar-refractivity contribution is 5.78. The van der Waals surface area contributed by atoms with E-state index in [0.717, 1.165) is 12.0 Å². The first-order chi connectivity index (χ1) is 7.22. The van der Waals surface area contributed by atoms with E-state index in [1.54, 1.807) is 17.0 Å². The Hall–Kier alpha value is -1.82. The van der Waals surface area contributed by atoms with E-state index in [2.05, 4.69) is 6.07 Å². The monoisotopic (exact) mass is 200 g/mol. The maximum atomic E-state index is 11.4. The molecule has 15 heavy (non-hydrogen) atoms. The lowest BCUT2D eigenvalue weighted by Gasteiger charge is -2.19. The van der Waals surface area contributed by atoms with E-state index in [0.29, 0.717) is 12.0 Å². The van der Waals surface area contributed by atoms with Gasteiger partial charge in [-0.3, -0.25) is 4.79 Å². The molecular weight excluding hydrogens is 188 g/mol. The van der Waals surface area contributed by atoms with Gasteiger partial charge in [-0.05, 0) is 24.1 Å². The standard InChI is InChI=1S/C12H12N2O/c1-14-11(6-7-12(14)15)10-4-2-9(8-13)3-5-10/h2-5,11H,6-7H2,1H3/t11-/m1/s1. The molecule has 1 aliphatic rings. The molecule has 1 saturated heterocycles. The highest BCUT2D eigenvalue weighted by Crippen LogP contribution is 2.31. The van der Waals surface area contributed by atoms with E-state index >= 15 is 0 Å². The molecule has 0 aromatic heterocycles. The van der Waals surface area contributed by atoms with Gasteiger partial charge in [-0.2, -0.15) is 5.26 Å². The smallest absolute Gasteiger partial charge is 0.222 e. The van der Waals surface area contributed by atoms with Gasteiger partial charge in [0.15, 0.2) is 0 Å². The molecule has 0 spiro atoms. The lowest BCUT2D eigenvalue weighted by molar-refractivity contribution is -0.127. The normalized spacial score (nSPS) is 20.4. The molecule has 0 N–H and O–H groups in total. The summed E-state index contributed by atoms with van der Waals surface area (Å²) < 4.78 is 0. The average molecular weight is 200 g/mol. The number of carbonyl (C=O) groups is 1. The Morgan fingerprint density at radius 1 is 1.40 bits per heavy atom. The molecule has 2 rings (SSSR count). The van der Waals surface area contributed by atoms with Crippen LogP contribution >= 0.6 is 0 Å². The number of nitriles is 1. The highest BCUT2D eigenvalue weighted by Gasteiger charge is 2.28. The van der Waals surface area contributed by atoms with Crippen molar-refractivity contribution in [2.75, 3.05) is 7.05 Å². The third-order valence-electron chi connectivity index (χ3n) is 2.92. The Bertz CT molecular complexity index is 416. The van der Waals surface area contributed by atoms with Crippen molar-refractivity contribution in [3.05, 3.63) is 35.4 Å². The number of rotatable bonds is 1.